The molecular weight excluding hydrogens is 733 g/mol. The number of hydrogen-bond acceptors (Lipinski definition) is 11. The molecule has 8 aromatic rings. The van der Waals surface area contributed by atoms with Crippen LogP contribution in [0.1, 0.15) is 60.7 Å². The molecule has 0 radical (unpaired) electrons. The molecule has 2 aliphatic heterocycles. The molecule has 0 fully saturated rings. The molecule has 0 unspecified atom stereocenters. The summed E-state index contributed by atoms with van der Waals surface area (Å²) in [7, 11) is 0. The van der Waals surface area contributed by atoms with E-state index >= 15 is 0 Å². The van der Waals surface area contributed by atoms with E-state index in [1.165, 1.54) is 22.3 Å². The van der Waals surface area contributed by atoms with E-state index in [1.54, 1.807) is 12.7 Å². The summed E-state index contributed by atoms with van der Waals surface area (Å²) in [6.45, 7) is 12.5. The van der Waals surface area contributed by atoms with Crippen LogP contribution in [0.15, 0.2) is 122 Å². The number of nitrogens with one attached hydrogen (secondary N) is 3. The molecule has 3 N–H and O–H groups in total. The number of aryl methyl sites for hydroxylation is 4. The molecular formula is C48H46N10O. The first-order chi connectivity index (χ1) is 28.8. The van der Waals surface area contributed by atoms with Crippen molar-refractivity contribution in [2.45, 2.75) is 60.4 Å². The number of aldehydes is 1. The van der Waals surface area contributed by atoms with Gasteiger partial charge in [-0.15, -0.1) is 0 Å². The molecule has 4 aromatic heterocycles. The van der Waals surface area contributed by atoms with Gasteiger partial charge in [-0.25, -0.2) is 19.9 Å². The van der Waals surface area contributed by atoms with Gasteiger partial charge in [0.2, 0.25) is 0 Å². The number of aromatic nitrogens is 6. The molecule has 0 saturated carbocycles. The second kappa shape index (κ2) is 17.7. The number of nitrogens with zero attached hydrogens (tertiary/aromatic N) is 7. The van der Waals surface area contributed by atoms with Crippen molar-refractivity contribution < 1.29 is 4.79 Å². The van der Waals surface area contributed by atoms with Crippen molar-refractivity contribution in [3.8, 4) is 0 Å². The third-order valence-electron chi connectivity index (χ3n) is 10.8. The zero-order valence-electron chi connectivity index (χ0n) is 33.7. The monoisotopic (exact) mass is 778 g/mol. The minimum absolute atomic E-state index is 0.805. The Bertz CT molecular complexity index is 2750. The van der Waals surface area contributed by atoms with Gasteiger partial charge in [-0.3, -0.25) is 19.7 Å². The second-order valence-electron chi connectivity index (χ2n) is 14.9. The van der Waals surface area contributed by atoms with Crippen LogP contribution in [0.25, 0.3) is 21.8 Å². The number of rotatable bonds is 7. The van der Waals surface area contributed by atoms with Crippen LogP contribution < -0.4 is 16.0 Å². The number of benzene rings is 4. The van der Waals surface area contributed by atoms with Gasteiger partial charge in [-0.05, 0) is 79.8 Å². The summed E-state index contributed by atoms with van der Waals surface area (Å²) in [6.07, 6.45) is 7.85. The maximum atomic E-state index is 10.4. The smallest absolute Gasteiger partial charge is 0.150 e. The van der Waals surface area contributed by atoms with E-state index < -0.39 is 0 Å². The summed E-state index contributed by atoms with van der Waals surface area (Å²) in [5.74, 6) is 1.73. The first-order valence-electron chi connectivity index (χ1n) is 19.7. The van der Waals surface area contributed by atoms with Crippen LogP contribution in [0.3, 0.4) is 0 Å². The highest BCUT2D eigenvalue weighted by Gasteiger charge is 2.25. The van der Waals surface area contributed by atoms with Crippen LogP contribution in [0, 0.1) is 27.7 Å². The molecule has 59 heavy (non-hydrogen) atoms. The van der Waals surface area contributed by atoms with Crippen LogP contribution in [0.4, 0.5) is 23.0 Å². The number of hydrogen-bond donors (Lipinski definition) is 3. The summed E-state index contributed by atoms with van der Waals surface area (Å²) in [4.78, 5) is 39.6. The van der Waals surface area contributed by atoms with Gasteiger partial charge in [0, 0.05) is 60.2 Å². The highest BCUT2D eigenvalue weighted by Crippen LogP contribution is 2.31. The average molecular weight is 779 g/mol. The van der Waals surface area contributed by atoms with Crippen molar-refractivity contribution in [1.29, 1.82) is 0 Å². The highest BCUT2D eigenvalue weighted by atomic mass is 16.1. The Morgan fingerprint density at radius 1 is 0.593 bits per heavy atom. The fraction of sp³-hybridized carbons (Fsp3) is 0.188. The van der Waals surface area contributed by atoms with Crippen molar-refractivity contribution in [1.82, 2.24) is 40.1 Å². The second-order valence-corrected chi connectivity index (χ2v) is 14.9. The van der Waals surface area contributed by atoms with Gasteiger partial charge in [0.05, 0.1) is 46.2 Å². The predicted octanol–water partition coefficient (Wildman–Crippen LogP) is 9.39. The van der Waals surface area contributed by atoms with E-state index in [4.69, 9.17) is 0 Å². The maximum absolute atomic E-state index is 10.4. The topological polar surface area (TPSA) is 134 Å². The molecule has 0 amide bonds. The lowest BCUT2D eigenvalue weighted by Gasteiger charge is -2.18. The van der Waals surface area contributed by atoms with E-state index in [2.05, 4.69) is 107 Å². The van der Waals surface area contributed by atoms with E-state index in [1.807, 2.05) is 80.8 Å². The molecule has 0 saturated heterocycles. The molecule has 294 valence electrons. The molecule has 10 rings (SSSR count). The van der Waals surface area contributed by atoms with Crippen molar-refractivity contribution in [3.63, 3.8) is 0 Å². The molecule has 0 aliphatic carbocycles. The van der Waals surface area contributed by atoms with Crippen molar-refractivity contribution in [2.24, 2.45) is 0 Å². The van der Waals surface area contributed by atoms with Crippen molar-refractivity contribution in [2.75, 3.05) is 10.6 Å². The molecule has 11 heteroatoms. The Labute approximate surface area is 344 Å². The number of pyridine rings is 2. The van der Waals surface area contributed by atoms with Crippen LogP contribution in [-0.4, -0.2) is 41.1 Å². The van der Waals surface area contributed by atoms with E-state index in [-0.39, 0.29) is 0 Å². The Kier molecular flexibility index (Phi) is 11.7. The summed E-state index contributed by atoms with van der Waals surface area (Å²) in [5, 5.41) is 12.3. The summed E-state index contributed by atoms with van der Waals surface area (Å²) < 4.78 is 0. The Morgan fingerprint density at radius 3 is 1.71 bits per heavy atom. The average Bonchev–Trinajstić information content (AvgIpc) is 3.91. The van der Waals surface area contributed by atoms with Gasteiger partial charge in [0.1, 0.15) is 24.3 Å². The minimum Gasteiger partial charge on any atom is -0.339 e. The Balaban J connectivity index is 0.000000139. The summed E-state index contributed by atoms with van der Waals surface area (Å²) in [6, 6.07) is 32.7. The first kappa shape index (κ1) is 38.9. The molecule has 6 heterocycles. The molecule has 11 nitrogen and oxygen atoms in total. The lowest BCUT2D eigenvalue weighted by molar-refractivity contribution is 0.112. The van der Waals surface area contributed by atoms with Gasteiger partial charge >= 0.3 is 0 Å². The van der Waals surface area contributed by atoms with Crippen LogP contribution in [-0.2, 0) is 32.7 Å². The number of fused-ring (bicyclic) bond motifs is 4. The zero-order valence-corrected chi connectivity index (χ0v) is 33.7. The Hall–Kier alpha value is -6.95. The molecule has 4 aromatic carbocycles. The SMILES string of the molecule is Cc1cccc(C)c1C=O.Cc1cccc(C)c1CN1Cc2ncnc(Nc3cnc4ccccc4c3)c2C1.c1ccc2ncc(Nc3ncnc4c3CNC4)cc2c1. The quantitative estimate of drug-likeness (QED) is 0.134. The fourth-order valence-corrected chi connectivity index (χ4v) is 7.55. The van der Waals surface area contributed by atoms with Gasteiger partial charge in [-0.1, -0.05) is 72.8 Å². The van der Waals surface area contributed by atoms with Gasteiger partial charge in [-0.2, -0.15) is 0 Å². The lowest BCUT2D eigenvalue weighted by Crippen LogP contribution is -2.17. The highest BCUT2D eigenvalue weighted by molar-refractivity contribution is 5.83. The third-order valence-corrected chi connectivity index (χ3v) is 10.8. The summed E-state index contributed by atoms with van der Waals surface area (Å²) >= 11 is 0. The Morgan fingerprint density at radius 2 is 1.14 bits per heavy atom. The van der Waals surface area contributed by atoms with E-state index in [0.29, 0.717) is 0 Å². The normalized spacial score (nSPS) is 12.8. The van der Waals surface area contributed by atoms with Crippen LogP contribution in [0.5, 0.6) is 0 Å². The van der Waals surface area contributed by atoms with Crippen LogP contribution >= 0.6 is 0 Å². The summed E-state index contributed by atoms with van der Waals surface area (Å²) in [5.41, 5.74) is 15.4. The number of carbonyl (C=O) groups is 1. The third kappa shape index (κ3) is 8.96. The zero-order chi connectivity index (χ0) is 40.7. The fourth-order valence-electron chi connectivity index (χ4n) is 7.55. The number of anilines is 4. The van der Waals surface area contributed by atoms with Crippen molar-refractivity contribution >= 4 is 51.1 Å². The minimum atomic E-state index is 0.805. The van der Waals surface area contributed by atoms with Gasteiger partial charge < -0.3 is 16.0 Å². The molecule has 0 atom stereocenters. The lowest BCUT2D eigenvalue weighted by atomic mass is 10.0. The van der Waals surface area contributed by atoms with E-state index in [9.17, 15) is 4.79 Å². The maximum Gasteiger partial charge on any atom is 0.150 e. The predicted molar refractivity (Wildman–Crippen MR) is 235 cm³/mol. The molecule has 0 spiro atoms. The molecule has 2 aliphatic rings. The van der Waals surface area contributed by atoms with E-state index in [0.717, 1.165) is 117 Å². The van der Waals surface area contributed by atoms with Crippen LogP contribution in [0.2, 0.25) is 0 Å². The standard InChI is InChI=1S/C24H23N5.C15H13N5.C9H10O/c1-16-6-5-7-17(2)20(16)12-29-13-21-23(14-29)26-15-27-24(21)28-19-10-18-8-3-4-9-22(18)25-11-19;1-2-4-13-10(3-1)5-11(6-17-13)20-15-12-7-16-8-14(12)18-9-19-15;1-7-4-3-5-8(2)9(7)6-10/h3-11,15H,12-14H2,1-2H3,(H,26,27,28);1-6,9,16H,7-8H2,(H,18,19,20);3-6H,1-2H3. The van der Waals surface area contributed by atoms with Gasteiger partial charge in [0.15, 0.2) is 6.29 Å². The number of para-hydroxylation sites is 2. The number of carbonyl (C=O) groups excluding carboxylic acids is 1. The molecule has 0 bridgehead atoms. The largest absolute Gasteiger partial charge is 0.339 e. The van der Waals surface area contributed by atoms with Gasteiger partial charge in [0.25, 0.3) is 0 Å². The first-order valence-corrected chi connectivity index (χ1v) is 19.7. The van der Waals surface area contributed by atoms with Crippen molar-refractivity contribution in [3.05, 3.63) is 178 Å².